The molecule has 1 heterocycles. The number of aryl methyl sites for hydroxylation is 1. The number of thioether (sulfide) groups is 1. The lowest BCUT2D eigenvalue weighted by atomic mass is 10.1. The number of sulfonamides is 1. The van der Waals surface area contributed by atoms with Crippen molar-refractivity contribution < 1.29 is 13.2 Å². The van der Waals surface area contributed by atoms with Gasteiger partial charge in [-0.05, 0) is 37.3 Å². The highest BCUT2D eigenvalue weighted by Crippen LogP contribution is 2.22. The summed E-state index contributed by atoms with van der Waals surface area (Å²) in [4.78, 5) is 9.12. The van der Waals surface area contributed by atoms with E-state index >= 15 is 0 Å². The Labute approximate surface area is 162 Å². The first kappa shape index (κ1) is 19.3. The van der Waals surface area contributed by atoms with Crippen LogP contribution in [0.3, 0.4) is 0 Å². The molecular formula is C19H19N3O3S2. The van der Waals surface area contributed by atoms with Crippen LogP contribution in [0.2, 0.25) is 0 Å². The topological polar surface area (TPSA) is 95.2 Å². The SMILES string of the molecule is Cc1cc(-c2ccccc2)nc(SCCOc2ccc(S(N)(=O)=O)cc2)n1. The number of hydrogen-bond acceptors (Lipinski definition) is 6. The Balaban J connectivity index is 1.57. The largest absolute Gasteiger partial charge is 0.493 e. The molecule has 0 fully saturated rings. The molecule has 1 aromatic heterocycles. The summed E-state index contributed by atoms with van der Waals surface area (Å²) in [5.74, 6) is 1.24. The average Bonchev–Trinajstić information content (AvgIpc) is 2.65. The van der Waals surface area contributed by atoms with E-state index in [0.717, 1.165) is 17.0 Å². The van der Waals surface area contributed by atoms with Crippen molar-refractivity contribution in [3.05, 3.63) is 66.4 Å². The molecule has 0 atom stereocenters. The van der Waals surface area contributed by atoms with Crippen molar-refractivity contribution in [1.29, 1.82) is 0 Å². The van der Waals surface area contributed by atoms with Gasteiger partial charge in [0.1, 0.15) is 5.75 Å². The van der Waals surface area contributed by atoms with E-state index in [0.29, 0.717) is 23.3 Å². The third-order valence-corrected chi connectivity index (χ3v) is 5.38. The number of ether oxygens (including phenoxy) is 1. The molecule has 6 nitrogen and oxygen atoms in total. The fraction of sp³-hybridized carbons (Fsp3) is 0.158. The Morgan fingerprint density at radius 3 is 2.41 bits per heavy atom. The number of aromatic nitrogens is 2. The molecule has 3 aromatic rings. The lowest BCUT2D eigenvalue weighted by Gasteiger charge is -2.08. The fourth-order valence-electron chi connectivity index (χ4n) is 2.38. The van der Waals surface area contributed by atoms with E-state index in [-0.39, 0.29) is 4.90 Å². The van der Waals surface area contributed by atoms with Crippen LogP contribution in [-0.2, 0) is 10.0 Å². The number of nitrogens with zero attached hydrogens (tertiary/aromatic N) is 2. The van der Waals surface area contributed by atoms with E-state index in [2.05, 4.69) is 9.97 Å². The molecular weight excluding hydrogens is 382 g/mol. The van der Waals surface area contributed by atoms with Gasteiger partial charge in [-0.3, -0.25) is 0 Å². The smallest absolute Gasteiger partial charge is 0.238 e. The summed E-state index contributed by atoms with van der Waals surface area (Å²) in [7, 11) is -3.69. The van der Waals surface area contributed by atoms with E-state index in [1.165, 1.54) is 23.9 Å². The molecule has 0 saturated heterocycles. The highest BCUT2D eigenvalue weighted by Gasteiger charge is 2.08. The van der Waals surface area contributed by atoms with E-state index in [1.54, 1.807) is 12.1 Å². The molecule has 0 saturated carbocycles. The van der Waals surface area contributed by atoms with Crippen molar-refractivity contribution in [1.82, 2.24) is 9.97 Å². The summed E-state index contributed by atoms with van der Waals surface area (Å²) in [5, 5.41) is 5.77. The molecule has 0 radical (unpaired) electrons. The monoisotopic (exact) mass is 401 g/mol. The molecule has 8 heteroatoms. The van der Waals surface area contributed by atoms with E-state index < -0.39 is 10.0 Å². The maximum absolute atomic E-state index is 11.2. The number of hydrogen-bond donors (Lipinski definition) is 1. The van der Waals surface area contributed by atoms with E-state index in [1.807, 2.05) is 43.3 Å². The Morgan fingerprint density at radius 2 is 1.74 bits per heavy atom. The molecule has 2 aromatic carbocycles. The molecule has 27 heavy (non-hydrogen) atoms. The summed E-state index contributed by atoms with van der Waals surface area (Å²) in [6, 6.07) is 17.9. The molecule has 3 rings (SSSR count). The van der Waals surface area contributed by atoms with Crippen molar-refractivity contribution in [3.63, 3.8) is 0 Å². The van der Waals surface area contributed by atoms with Crippen LogP contribution in [0.4, 0.5) is 0 Å². The molecule has 0 aliphatic heterocycles. The minimum absolute atomic E-state index is 0.0610. The van der Waals surface area contributed by atoms with E-state index in [4.69, 9.17) is 9.88 Å². The first-order valence-electron chi connectivity index (χ1n) is 8.21. The highest BCUT2D eigenvalue weighted by molar-refractivity contribution is 7.99. The standard InChI is InChI=1S/C19H19N3O3S2/c1-14-13-18(15-5-3-2-4-6-15)22-19(21-14)26-12-11-25-16-7-9-17(10-8-16)27(20,23)24/h2-10,13H,11-12H2,1H3,(H2,20,23,24). The van der Waals surface area contributed by atoms with Gasteiger partial charge in [-0.2, -0.15) is 0 Å². The third kappa shape index (κ3) is 5.53. The normalized spacial score (nSPS) is 11.3. The van der Waals surface area contributed by atoms with Gasteiger partial charge in [0.05, 0.1) is 17.2 Å². The van der Waals surface area contributed by atoms with Gasteiger partial charge >= 0.3 is 0 Å². The number of nitrogens with two attached hydrogens (primary N) is 1. The number of benzene rings is 2. The quantitative estimate of drug-likeness (QED) is 0.371. The van der Waals surface area contributed by atoms with Crippen molar-refractivity contribution in [3.8, 4) is 17.0 Å². The summed E-state index contributed by atoms with van der Waals surface area (Å²) >= 11 is 1.51. The predicted molar refractivity (Wildman–Crippen MR) is 106 cm³/mol. The Bertz CT molecular complexity index is 1010. The van der Waals surface area contributed by atoms with Crippen molar-refractivity contribution in [2.75, 3.05) is 12.4 Å². The van der Waals surface area contributed by atoms with Gasteiger partial charge in [0.2, 0.25) is 10.0 Å². The second kappa shape index (κ2) is 8.51. The van der Waals surface area contributed by atoms with Crippen LogP contribution >= 0.6 is 11.8 Å². The van der Waals surface area contributed by atoms with Gasteiger partial charge in [-0.15, -0.1) is 0 Å². The molecule has 0 unspecified atom stereocenters. The first-order valence-corrected chi connectivity index (χ1v) is 10.7. The Kier molecular flexibility index (Phi) is 6.10. The average molecular weight is 402 g/mol. The van der Waals surface area contributed by atoms with Crippen LogP contribution in [0, 0.1) is 6.92 Å². The lowest BCUT2D eigenvalue weighted by molar-refractivity contribution is 0.343. The van der Waals surface area contributed by atoms with Crippen LogP contribution in [0.15, 0.2) is 70.7 Å². The minimum atomic E-state index is -3.69. The second-order valence-electron chi connectivity index (χ2n) is 5.76. The Morgan fingerprint density at radius 1 is 1.04 bits per heavy atom. The summed E-state index contributed by atoms with van der Waals surface area (Å²) in [6.07, 6.45) is 0. The van der Waals surface area contributed by atoms with Gasteiger partial charge in [0, 0.05) is 17.0 Å². The Hall–Kier alpha value is -2.42. The van der Waals surface area contributed by atoms with Crippen molar-refractivity contribution >= 4 is 21.8 Å². The highest BCUT2D eigenvalue weighted by atomic mass is 32.2. The third-order valence-electron chi connectivity index (χ3n) is 3.64. The second-order valence-corrected chi connectivity index (χ2v) is 8.38. The van der Waals surface area contributed by atoms with Crippen LogP contribution in [0.1, 0.15) is 5.69 Å². The summed E-state index contributed by atoms with van der Waals surface area (Å²) in [6.45, 7) is 2.39. The van der Waals surface area contributed by atoms with Crippen LogP contribution in [0.5, 0.6) is 5.75 Å². The minimum Gasteiger partial charge on any atom is -0.493 e. The maximum Gasteiger partial charge on any atom is 0.238 e. The molecule has 0 aliphatic rings. The molecule has 0 bridgehead atoms. The van der Waals surface area contributed by atoms with E-state index in [9.17, 15) is 8.42 Å². The van der Waals surface area contributed by atoms with Crippen molar-refractivity contribution in [2.24, 2.45) is 5.14 Å². The predicted octanol–water partition coefficient (Wildman–Crippen LogP) is 3.27. The zero-order valence-electron chi connectivity index (χ0n) is 14.7. The lowest BCUT2D eigenvalue weighted by Crippen LogP contribution is -2.11. The molecule has 140 valence electrons. The first-order chi connectivity index (χ1) is 12.9. The van der Waals surface area contributed by atoms with Gasteiger partial charge in [-0.25, -0.2) is 23.5 Å². The summed E-state index contributed by atoms with van der Waals surface area (Å²) in [5.41, 5.74) is 2.85. The summed E-state index contributed by atoms with van der Waals surface area (Å²) < 4.78 is 28.1. The zero-order valence-corrected chi connectivity index (χ0v) is 16.3. The fourth-order valence-corrected chi connectivity index (χ4v) is 3.62. The zero-order chi connectivity index (χ0) is 19.3. The van der Waals surface area contributed by atoms with Crippen LogP contribution in [0.25, 0.3) is 11.3 Å². The number of rotatable bonds is 7. The number of primary sulfonamides is 1. The van der Waals surface area contributed by atoms with Gasteiger partial charge in [-0.1, -0.05) is 42.1 Å². The maximum atomic E-state index is 11.2. The van der Waals surface area contributed by atoms with Crippen molar-refractivity contribution in [2.45, 2.75) is 17.0 Å². The molecule has 0 spiro atoms. The molecule has 2 N–H and O–H groups in total. The molecule has 0 amide bonds. The van der Waals surface area contributed by atoms with Crippen LogP contribution in [-0.4, -0.2) is 30.7 Å². The van der Waals surface area contributed by atoms with Gasteiger partial charge in [0.15, 0.2) is 5.16 Å². The molecule has 0 aliphatic carbocycles. The van der Waals surface area contributed by atoms with Gasteiger partial charge in [0.25, 0.3) is 0 Å². The van der Waals surface area contributed by atoms with Gasteiger partial charge < -0.3 is 4.74 Å². The van der Waals surface area contributed by atoms with Crippen LogP contribution < -0.4 is 9.88 Å².